The Bertz CT molecular complexity index is 877. The summed E-state index contributed by atoms with van der Waals surface area (Å²) in [6, 6.07) is 9.77. The molecule has 1 aliphatic heterocycles. The highest BCUT2D eigenvalue weighted by Gasteiger charge is 2.28. The third kappa shape index (κ3) is 7.59. The predicted octanol–water partition coefficient (Wildman–Crippen LogP) is 4.17. The van der Waals surface area contributed by atoms with E-state index >= 15 is 0 Å². The van der Waals surface area contributed by atoms with Crippen LogP contribution in [0.5, 0.6) is 0 Å². The smallest absolute Gasteiger partial charge is 0.354 e. The number of benzene rings is 1. The fraction of sp³-hybridized carbons (Fsp3) is 0.364. The van der Waals surface area contributed by atoms with E-state index in [0.717, 1.165) is 44.1 Å². The molecule has 0 radical (unpaired) electrons. The lowest BCUT2D eigenvalue weighted by atomic mass is 10.2. The van der Waals surface area contributed by atoms with Crippen molar-refractivity contribution in [1.82, 2.24) is 15.2 Å². The Labute approximate surface area is 184 Å². The van der Waals surface area contributed by atoms with Crippen molar-refractivity contribution in [3.05, 3.63) is 59.8 Å². The minimum atomic E-state index is -4.31. The van der Waals surface area contributed by atoms with Gasteiger partial charge < -0.3 is 15.1 Å². The number of amides is 1. The molecule has 0 unspecified atom stereocenters. The molecule has 2 heterocycles. The Hall–Kier alpha value is -2.52. The number of thioether (sulfide) groups is 1. The molecule has 0 spiro atoms. The second-order valence-corrected chi connectivity index (χ2v) is 8.25. The first kappa shape index (κ1) is 23.1. The first-order valence-corrected chi connectivity index (χ1v) is 10.9. The van der Waals surface area contributed by atoms with E-state index in [4.69, 9.17) is 0 Å². The Morgan fingerprint density at radius 2 is 1.84 bits per heavy atom. The molecule has 3 rings (SSSR count). The van der Waals surface area contributed by atoms with Gasteiger partial charge in [0.15, 0.2) is 0 Å². The van der Waals surface area contributed by atoms with Crippen molar-refractivity contribution in [2.24, 2.45) is 0 Å². The van der Waals surface area contributed by atoms with Crippen LogP contribution < -0.4 is 10.2 Å². The number of alkyl halides is 3. The Morgan fingerprint density at radius 1 is 1.13 bits per heavy atom. The van der Waals surface area contributed by atoms with Crippen molar-refractivity contribution in [1.29, 1.82) is 0 Å². The third-order valence-corrected chi connectivity index (χ3v) is 5.70. The SMILES string of the molecule is CCN1CCN(c2ccc(CNC(=O)C=Cc3ccc(SC(F)(F)F)cc3)cn2)CC1. The maximum Gasteiger partial charge on any atom is 0.446 e. The van der Waals surface area contributed by atoms with Crippen LogP contribution in [0.3, 0.4) is 0 Å². The second kappa shape index (κ2) is 10.7. The first-order chi connectivity index (χ1) is 14.8. The Balaban J connectivity index is 1.45. The molecule has 0 saturated carbocycles. The van der Waals surface area contributed by atoms with E-state index in [9.17, 15) is 18.0 Å². The lowest BCUT2D eigenvalue weighted by Crippen LogP contribution is -2.46. The lowest BCUT2D eigenvalue weighted by Gasteiger charge is -2.34. The monoisotopic (exact) mass is 450 g/mol. The van der Waals surface area contributed by atoms with E-state index in [0.29, 0.717) is 12.1 Å². The van der Waals surface area contributed by atoms with Gasteiger partial charge in [0.2, 0.25) is 5.91 Å². The molecule has 1 fully saturated rings. The van der Waals surface area contributed by atoms with E-state index < -0.39 is 5.51 Å². The zero-order valence-corrected chi connectivity index (χ0v) is 18.0. The quantitative estimate of drug-likeness (QED) is 0.507. The van der Waals surface area contributed by atoms with E-state index in [1.54, 1.807) is 24.4 Å². The zero-order valence-electron chi connectivity index (χ0n) is 17.2. The average molecular weight is 451 g/mol. The number of anilines is 1. The summed E-state index contributed by atoms with van der Waals surface area (Å²) in [6.45, 7) is 7.56. The molecule has 1 aliphatic rings. The molecule has 1 aromatic heterocycles. The average Bonchev–Trinajstić information content (AvgIpc) is 2.76. The molecule has 166 valence electrons. The highest BCUT2D eigenvalue weighted by atomic mass is 32.2. The summed E-state index contributed by atoms with van der Waals surface area (Å²) < 4.78 is 37.1. The van der Waals surface area contributed by atoms with Crippen molar-refractivity contribution in [2.75, 3.05) is 37.6 Å². The maximum absolute atomic E-state index is 12.4. The normalized spacial score (nSPS) is 15.4. The van der Waals surface area contributed by atoms with Crippen molar-refractivity contribution in [2.45, 2.75) is 23.9 Å². The first-order valence-electron chi connectivity index (χ1n) is 10.1. The van der Waals surface area contributed by atoms with Crippen LogP contribution in [-0.2, 0) is 11.3 Å². The molecular formula is C22H25F3N4OS. The standard InChI is InChI=1S/C22H25F3N4OS/c1-2-28-11-13-29(14-12-28)20-9-5-18(15-26-20)16-27-21(30)10-6-17-3-7-19(8-4-17)31-22(23,24)25/h3-10,15H,2,11-14,16H2,1H3,(H,27,30). The van der Waals surface area contributed by atoms with E-state index in [1.807, 2.05) is 12.1 Å². The zero-order chi connectivity index (χ0) is 22.3. The number of carbonyl (C=O) groups excluding carboxylic acids is 1. The van der Waals surface area contributed by atoms with Crippen LogP contribution in [0.2, 0.25) is 0 Å². The topological polar surface area (TPSA) is 48.5 Å². The molecule has 0 atom stereocenters. The van der Waals surface area contributed by atoms with Crippen molar-refractivity contribution in [3.63, 3.8) is 0 Å². The number of pyridine rings is 1. The summed E-state index contributed by atoms with van der Waals surface area (Å²) in [5.41, 5.74) is -2.77. The van der Waals surface area contributed by atoms with Gasteiger partial charge in [-0.15, -0.1) is 0 Å². The van der Waals surface area contributed by atoms with Crippen LogP contribution in [-0.4, -0.2) is 54.0 Å². The Kier molecular flexibility index (Phi) is 7.97. The second-order valence-electron chi connectivity index (χ2n) is 7.11. The number of hydrogen-bond acceptors (Lipinski definition) is 5. The number of nitrogens with one attached hydrogen (secondary N) is 1. The van der Waals surface area contributed by atoms with E-state index in [-0.39, 0.29) is 22.6 Å². The molecule has 5 nitrogen and oxygen atoms in total. The number of nitrogens with zero attached hydrogens (tertiary/aromatic N) is 3. The number of hydrogen-bond donors (Lipinski definition) is 1. The number of piperazine rings is 1. The largest absolute Gasteiger partial charge is 0.446 e. The van der Waals surface area contributed by atoms with Gasteiger partial charge in [0, 0.05) is 49.9 Å². The summed E-state index contributed by atoms with van der Waals surface area (Å²) in [5, 5.41) is 2.79. The van der Waals surface area contributed by atoms with Gasteiger partial charge in [-0.25, -0.2) is 4.98 Å². The fourth-order valence-corrected chi connectivity index (χ4v) is 3.74. The maximum atomic E-state index is 12.4. The molecule has 1 N–H and O–H groups in total. The predicted molar refractivity (Wildman–Crippen MR) is 118 cm³/mol. The van der Waals surface area contributed by atoms with Crippen LogP contribution >= 0.6 is 11.8 Å². The van der Waals surface area contributed by atoms with Crippen LogP contribution in [0.15, 0.2) is 53.6 Å². The highest BCUT2D eigenvalue weighted by Crippen LogP contribution is 2.36. The van der Waals surface area contributed by atoms with Gasteiger partial charge in [0.1, 0.15) is 5.82 Å². The number of carbonyl (C=O) groups is 1. The summed E-state index contributed by atoms with van der Waals surface area (Å²) in [4.78, 5) is 21.3. The van der Waals surface area contributed by atoms with Gasteiger partial charge in [-0.2, -0.15) is 13.2 Å². The molecule has 31 heavy (non-hydrogen) atoms. The van der Waals surface area contributed by atoms with Crippen molar-refractivity contribution in [3.8, 4) is 0 Å². The number of halogens is 3. The van der Waals surface area contributed by atoms with Gasteiger partial charge in [-0.05, 0) is 53.7 Å². The van der Waals surface area contributed by atoms with E-state index in [1.165, 1.54) is 18.2 Å². The van der Waals surface area contributed by atoms with E-state index in [2.05, 4.69) is 27.0 Å². The van der Waals surface area contributed by atoms with Gasteiger partial charge in [0.05, 0.1) is 0 Å². The fourth-order valence-electron chi connectivity index (χ4n) is 3.20. The van der Waals surface area contributed by atoms with Crippen molar-refractivity contribution >= 4 is 29.6 Å². The summed E-state index contributed by atoms with van der Waals surface area (Å²) in [5.74, 6) is 0.659. The van der Waals surface area contributed by atoms with Crippen LogP contribution in [0.1, 0.15) is 18.1 Å². The summed E-state index contributed by atoms with van der Waals surface area (Å²) in [7, 11) is 0. The molecular weight excluding hydrogens is 425 g/mol. The summed E-state index contributed by atoms with van der Waals surface area (Å²) >= 11 is -0.164. The van der Waals surface area contributed by atoms with Crippen molar-refractivity contribution < 1.29 is 18.0 Å². The van der Waals surface area contributed by atoms with Gasteiger partial charge >= 0.3 is 5.51 Å². The molecule has 1 saturated heterocycles. The molecule has 1 aromatic carbocycles. The number of rotatable bonds is 7. The minimum Gasteiger partial charge on any atom is -0.354 e. The molecule has 0 bridgehead atoms. The molecule has 2 aromatic rings. The highest BCUT2D eigenvalue weighted by molar-refractivity contribution is 8.00. The summed E-state index contributed by atoms with van der Waals surface area (Å²) in [6.07, 6.45) is 4.69. The van der Waals surface area contributed by atoms with Gasteiger partial charge in [-0.1, -0.05) is 25.1 Å². The minimum absolute atomic E-state index is 0.109. The van der Waals surface area contributed by atoms with Gasteiger partial charge in [-0.3, -0.25) is 4.79 Å². The number of aromatic nitrogens is 1. The lowest BCUT2D eigenvalue weighted by molar-refractivity contribution is -0.116. The van der Waals surface area contributed by atoms with Crippen LogP contribution in [0.4, 0.5) is 19.0 Å². The van der Waals surface area contributed by atoms with Crippen LogP contribution in [0, 0.1) is 0 Å². The molecule has 1 amide bonds. The molecule has 0 aliphatic carbocycles. The number of likely N-dealkylation sites (N-methyl/N-ethyl adjacent to an activating group) is 1. The Morgan fingerprint density at radius 3 is 2.42 bits per heavy atom. The molecule has 9 heteroatoms. The van der Waals surface area contributed by atoms with Crippen LogP contribution in [0.25, 0.3) is 6.08 Å². The van der Waals surface area contributed by atoms with Gasteiger partial charge in [0.25, 0.3) is 0 Å². The third-order valence-electron chi connectivity index (χ3n) is 4.96.